The summed E-state index contributed by atoms with van der Waals surface area (Å²) in [7, 11) is 0. The number of thioether (sulfide) groups is 1. The Morgan fingerprint density at radius 1 is 1.32 bits per heavy atom. The fraction of sp³-hybridized carbons (Fsp3) is 0.421. The van der Waals surface area contributed by atoms with E-state index in [1.165, 1.54) is 18.2 Å². The molecule has 1 fully saturated rings. The van der Waals surface area contributed by atoms with E-state index >= 15 is 0 Å². The molecule has 1 aliphatic heterocycles. The highest BCUT2D eigenvalue weighted by Crippen LogP contribution is 2.26. The first-order valence-corrected chi connectivity index (χ1v) is 9.76. The Hall–Kier alpha value is -2.08. The first kappa shape index (κ1) is 16.4. The Balaban J connectivity index is 1.61. The summed E-state index contributed by atoms with van der Waals surface area (Å²) in [6, 6.07) is 10.4. The molecule has 1 amide bonds. The molecular weight excluding hydrogens is 332 g/mol. The molecule has 0 N–H and O–H groups in total. The van der Waals surface area contributed by atoms with Crippen molar-refractivity contribution in [1.29, 1.82) is 0 Å². The topological polar surface area (TPSA) is 50.5 Å². The average Bonchev–Trinajstić information content (AvgIpc) is 3.05. The molecule has 3 heterocycles. The molecule has 1 saturated heterocycles. The molecule has 2 aromatic heterocycles. The number of piperidine rings is 1. The lowest BCUT2D eigenvalue weighted by molar-refractivity contribution is -0.130. The molecule has 0 unspecified atom stereocenters. The minimum Gasteiger partial charge on any atom is -0.342 e. The van der Waals surface area contributed by atoms with Crippen molar-refractivity contribution in [3.8, 4) is 0 Å². The van der Waals surface area contributed by atoms with Crippen molar-refractivity contribution in [3.05, 3.63) is 35.9 Å². The third kappa shape index (κ3) is 3.11. The van der Waals surface area contributed by atoms with E-state index in [0.29, 0.717) is 11.7 Å². The van der Waals surface area contributed by atoms with Gasteiger partial charge in [-0.1, -0.05) is 36.9 Å². The molecule has 0 aliphatic carbocycles. The van der Waals surface area contributed by atoms with Gasteiger partial charge in [-0.3, -0.25) is 9.20 Å². The smallest absolute Gasteiger partial charge is 0.233 e. The van der Waals surface area contributed by atoms with Gasteiger partial charge in [-0.15, -0.1) is 10.2 Å². The Kier molecular flexibility index (Phi) is 4.37. The molecule has 25 heavy (non-hydrogen) atoms. The van der Waals surface area contributed by atoms with Gasteiger partial charge in [0.25, 0.3) is 0 Å². The highest BCUT2D eigenvalue weighted by Gasteiger charge is 2.22. The lowest BCUT2D eigenvalue weighted by Gasteiger charge is -2.30. The average molecular weight is 354 g/mol. The minimum atomic E-state index is 0.199. The second kappa shape index (κ2) is 6.67. The van der Waals surface area contributed by atoms with Crippen molar-refractivity contribution >= 4 is 34.2 Å². The monoisotopic (exact) mass is 354 g/mol. The van der Waals surface area contributed by atoms with Crippen molar-refractivity contribution in [2.24, 2.45) is 5.92 Å². The number of nitrogens with zero attached hydrogens (tertiary/aromatic N) is 4. The summed E-state index contributed by atoms with van der Waals surface area (Å²) in [5, 5.41) is 10.6. The van der Waals surface area contributed by atoms with Crippen LogP contribution < -0.4 is 0 Å². The summed E-state index contributed by atoms with van der Waals surface area (Å²) < 4.78 is 2.07. The van der Waals surface area contributed by atoms with Gasteiger partial charge in [0.1, 0.15) is 0 Å². The molecule has 6 heteroatoms. The first-order valence-electron chi connectivity index (χ1n) is 8.77. The fourth-order valence-corrected chi connectivity index (χ4v) is 4.43. The molecule has 3 aromatic rings. The Labute approximate surface area is 151 Å². The maximum absolute atomic E-state index is 12.6. The number of likely N-dealkylation sites (tertiary alicyclic amines) is 1. The van der Waals surface area contributed by atoms with Crippen molar-refractivity contribution < 1.29 is 4.79 Å². The number of rotatable bonds is 3. The van der Waals surface area contributed by atoms with Gasteiger partial charge in [0.2, 0.25) is 5.91 Å². The van der Waals surface area contributed by atoms with Gasteiger partial charge in [-0.2, -0.15) is 0 Å². The zero-order valence-corrected chi connectivity index (χ0v) is 15.4. The number of benzene rings is 1. The lowest BCUT2D eigenvalue weighted by Crippen LogP contribution is -2.40. The number of hydrogen-bond donors (Lipinski definition) is 0. The van der Waals surface area contributed by atoms with Crippen LogP contribution in [0.2, 0.25) is 0 Å². The zero-order chi connectivity index (χ0) is 17.4. The minimum absolute atomic E-state index is 0.199. The van der Waals surface area contributed by atoms with Crippen LogP contribution in [0.15, 0.2) is 35.5 Å². The summed E-state index contributed by atoms with van der Waals surface area (Å²) in [6.07, 6.45) is 2.33. The SMILES string of the molecule is Cc1cc2ccccc2n2c(SCC(=O)N3CCC[C@@H](C)C3)nnc12. The molecular formula is C19H22N4OS. The number of fused-ring (bicyclic) bond motifs is 3. The molecule has 130 valence electrons. The molecule has 1 aliphatic rings. The van der Waals surface area contributed by atoms with Gasteiger partial charge < -0.3 is 4.90 Å². The van der Waals surface area contributed by atoms with Gasteiger partial charge in [0.05, 0.1) is 11.3 Å². The van der Waals surface area contributed by atoms with Crippen molar-refractivity contribution in [1.82, 2.24) is 19.5 Å². The van der Waals surface area contributed by atoms with Crippen LogP contribution >= 0.6 is 11.8 Å². The second-order valence-electron chi connectivity index (χ2n) is 6.90. The van der Waals surface area contributed by atoms with E-state index in [9.17, 15) is 4.79 Å². The van der Waals surface area contributed by atoms with Crippen LogP contribution in [0.5, 0.6) is 0 Å². The Morgan fingerprint density at radius 3 is 3.00 bits per heavy atom. The van der Waals surface area contributed by atoms with Crippen LogP contribution in [0.3, 0.4) is 0 Å². The van der Waals surface area contributed by atoms with Crippen LogP contribution in [0.4, 0.5) is 0 Å². The number of aromatic nitrogens is 3. The summed E-state index contributed by atoms with van der Waals surface area (Å²) in [5.74, 6) is 1.21. The predicted octanol–water partition coefficient (Wildman–Crippen LogP) is 3.54. The standard InChI is InChI=1S/C19H22N4OS/c1-13-6-5-9-22(11-13)17(24)12-25-19-21-20-18-14(2)10-15-7-3-4-8-16(15)23(18)19/h3-4,7-8,10,13H,5-6,9,11-12H2,1-2H3/t13-/m1/s1. The summed E-state index contributed by atoms with van der Waals surface area (Å²) in [6.45, 7) is 6.02. The van der Waals surface area contributed by atoms with Crippen LogP contribution in [-0.4, -0.2) is 44.2 Å². The number of amides is 1. The van der Waals surface area contributed by atoms with Gasteiger partial charge >= 0.3 is 0 Å². The van der Waals surface area contributed by atoms with Crippen molar-refractivity contribution in [3.63, 3.8) is 0 Å². The number of para-hydroxylation sites is 1. The molecule has 5 nitrogen and oxygen atoms in total. The highest BCUT2D eigenvalue weighted by molar-refractivity contribution is 7.99. The molecule has 0 bridgehead atoms. The van der Waals surface area contributed by atoms with E-state index in [2.05, 4.69) is 39.7 Å². The normalized spacial score (nSPS) is 18.2. The largest absolute Gasteiger partial charge is 0.342 e. The Morgan fingerprint density at radius 2 is 2.16 bits per heavy atom. The van der Waals surface area contributed by atoms with Crippen LogP contribution in [0.1, 0.15) is 25.3 Å². The molecule has 1 atom stereocenters. The summed E-state index contributed by atoms with van der Waals surface area (Å²) in [4.78, 5) is 14.5. The van der Waals surface area contributed by atoms with Crippen molar-refractivity contribution in [2.45, 2.75) is 31.8 Å². The van der Waals surface area contributed by atoms with Crippen LogP contribution in [0, 0.1) is 12.8 Å². The van der Waals surface area contributed by atoms with Gasteiger partial charge in [0.15, 0.2) is 10.8 Å². The third-order valence-corrected chi connectivity index (χ3v) is 5.78. The van der Waals surface area contributed by atoms with Gasteiger partial charge in [-0.25, -0.2) is 0 Å². The van der Waals surface area contributed by atoms with Crippen molar-refractivity contribution in [2.75, 3.05) is 18.8 Å². The molecule has 0 saturated carbocycles. The van der Waals surface area contributed by atoms with E-state index in [1.807, 2.05) is 24.0 Å². The Bertz CT molecular complexity index is 936. The summed E-state index contributed by atoms with van der Waals surface area (Å²) >= 11 is 1.48. The third-order valence-electron chi connectivity index (χ3n) is 4.87. The van der Waals surface area contributed by atoms with Gasteiger partial charge in [0, 0.05) is 13.1 Å². The molecule has 1 aromatic carbocycles. The molecule has 0 radical (unpaired) electrons. The van der Waals surface area contributed by atoms with Crippen LogP contribution in [0.25, 0.3) is 16.6 Å². The number of aryl methyl sites for hydroxylation is 1. The molecule has 4 rings (SSSR count). The molecule has 0 spiro atoms. The fourth-order valence-electron chi connectivity index (χ4n) is 3.58. The predicted molar refractivity (Wildman–Crippen MR) is 101 cm³/mol. The zero-order valence-electron chi connectivity index (χ0n) is 14.6. The van der Waals surface area contributed by atoms with E-state index < -0.39 is 0 Å². The van der Waals surface area contributed by atoms with E-state index in [-0.39, 0.29) is 5.91 Å². The van der Waals surface area contributed by atoms with Crippen LogP contribution in [-0.2, 0) is 4.79 Å². The van der Waals surface area contributed by atoms with E-state index in [4.69, 9.17) is 0 Å². The number of carbonyl (C=O) groups excluding carboxylic acids is 1. The maximum atomic E-state index is 12.6. The lowest BCUT2D eigenvalue weighted by atomic mass is 10.0. The quantitative estimate of drug-likeness (QED) is 0.675. The number of pyridine rings is 1. The van der Waals surface area contributed by atoms with Gasteiger partial charge in [-0.05, 0) is 48.8 Å². The maximum Gasteiger partial charge on any atom is 0.233 e. The first-order chi connectivity index (χ1) is 12.1. The summed E-state index contributed by atoms with van der Waals surface area (Å²) in [5.41, 5.74) is 3.03. The number of hydrogen-bond acceptors (Lipinski definition) is 4. The number of carbonyl (C=O) groups is 1. The van der Waals surface area contributed by atoms with E-state index in [0.717, 1.165) is 46.8 Å². The van der Waals surface area contributed by atoms with E-state index in [1.54, 1.807) is 0 Å². The second-order valence-corrected chi connectivity index (χ2v) is 7.85. The highest BCUT2D eigenvalue weighted by atomic mass is 32.2.